The van der Waals surface area contributed by atoms with Crippen LogP contribution in [0.25, 0.3) is 0 Å². The van der Waals surface area contributed by atoms with Crippen LogP contribution in [-0.2, 0) is 27.9 Å². The zero-order chi connectivity index (χ0) is 23.3. The van der Waals surface area contributed by atoms with Crippen LogP contribution in [-0.4, -0.2) is 47.1 Å². The summed E-state index contributed by atoms with van der Waals surface area (Å²) in [5.74, 6) is 0.668. The number of rotatable bonds is 9. The summed E-state index contributed by atoms with van der Waals surface area (Å²) in [5, 5.41) is 12.0. The van der Waals surface area contributed by atoms with E-state index in [-0.39, 0.29) is 24.2 Å². The summed E-state index contributed by atoms with van der Waals surface area (Å²) in [4.78, 5) is 12.5. The van der Waals surface area contributed by atoms with Gasteiger partial charge < -0.3 is 9.88 Å². The number of sulfonamides is 1. The van der Waals surface area contributed by atoms with Gasteiger partial charge >= 0.3 is 0 Å². The lowest BCUT2D eigenvalue weighted by molar-refractivity contribution is -0.119. The van der Waals surface area contributed by atoms with Crippen LogP contribution in [0.3, 0.4) is 0 Å². The normalized spacial score (nSPS) is 19.0. The molecule has 1 amide bonds. The molecule has 11 heteroatoms. The van der Waals surface area contributed by atoms with Crippen molar-refractivity contribution < 1.29 is 17.6 Å². The van der Waals surface area contributed by atoms with Gasteiger partial charge in [-0.3, -0.25) is 9.10 Å². The highest BCUT2D eigenvalue weighted by atomic mass is 32.2. The lowest BCUT2D eigenvalue weighted by atomic mass is 9.86. The zero-order valence-corrected chi connectivity index (χ0v) is 20.3. The average Bonchev–Trinajstić information content (AvgIpc) is 3.14. The van der Waals surface area contributed by atoms with Crippen molar-refractivity contribution in [2.24, 2.45) is 5.92 Å². The zero-order valence-electron chi connectivity index (χ0n) is 18.6. The molecule has 8 nitrogen and oxygen atoms in total. The van der Waals surface area contributed by atoms with Gasteiger partial charge in [-0.1, -0.05) is 31.5 Å². The second-order valence-corrected chi connectivity index (χ2v) is 11.0. The van der Waals surface area contributed by atoms with E-state index in [2.05, 4.69) is 22.4 Å². The Kier molecular flexibility index (Phi) is 8.16. The van der Waals surface area contributed by atoms with Crippen LogP contribution < -0.4 is 9.62 Å². The molecule has 1 aromatic carbocycles. The monoisotopic (exact) mass is 483 g/mol. The number of amides is 1. The van der Waals surface area contributed by atoms with Gasteiger partial charge in [0.05, 0.1) is 24.2 Å². The topological polar surface area (TPSA) is 97.2 Å². The third-order valence-electron chi connectivity index (χ3n) is 5.70. The fourth-order valence-electron chi connectivity index (χ4n) is 3.91. The van der Waals surface area contributed by atoms with E-state index in [1.807, 2.05) is 6.92 Å². The highest BCUT2D eigenvalue weighted by Crippen LogP contribution is 2.25. The summed E-state index contributed by atoms with van der Waals surface area (Å²) in [5.41, 5.74) is 0.342. The molecule has 2 aromatic rings. The Morgan fingerprint density at radius 1 is 1.25 bits per heavy atom. The van der Waals surface area contributed by atoms with E-state index >= 15 is 0 Å². The highest BCUT2D eigenvalue weighted by molar-refractivity contribution is 7.99. The third kappa shape index (κ3) is 6.22. The molecule has 0 unspecified atom stereocenters. The Morgan fingerprint density at radius 3 is 2.56 bits per heavy atom. The van der Waals surface area contributed by atoms with Gasteiger partial charge in [0.1, 0.15) is 5.82 Å². The summed E-state index contributed by atoms with van der Waals surface area (Å²) >= 11 is 1.28. The number of carbonyl (C=O) groups is 1. The second kappa shape index (κ2) is 10.7. The standard InChI is InChI=1S/C21H30FN5O3S2/c1-4-26-19(13-27(32(3,29)30)17-11-9-16(22)10-12-17)24-25-21(26)31-14-20(28)23-18-8-6-5-7-15(18)2/h9-12,15,18H,4-8,13-14H2,1-3H3,(H,23,28)/t15-,18-/m0/s1. The van der Waals surface area contributed by atoms with Gasteiger partial charge in [-0.2, -0.15) is 0 Å². The number of nitrogens with zero attached hydrogens (tertiary/aromatic N) is 4. The van der Waals surface area contributed by atoms with Crippen LogP contribution in [0.4, 0.5) is 10.1 Å². The Labute approximate surface area is 193 Å². The van der Waals surface area contributed by atoms with Gasteiger partial charge in [0.15, 0.2) is 11.0 Å². The summed E-state index contributed by atoms with van der Waals surface area (Å²) in [6, 6.07) is 5.47. The molecule has 2 atom stereocenters. The minimum atomic E-state index is -3.63. The van der Waals surface area contributed by atoms with Gasteiger partial charge in [0.2, 0.25) is 15.9 Å². The molecular formula is C21H30FN5O3S2. The number of carbonyl (C=O) groups excluding carboxylic acids is 1. The minimum Gasteiger partial charge on any atom is -0.352 e. The van der Waals surface area contributed by atoms with Gasteiger partial charge in [0, 0.05) is 12.6 Å². The van der Waals surface area contributed by atoms with Crippen LogP contribution in [0, 0.1) is 11.7 Å². The summed E-state index contributed by atoms with van der Waals surface area (Å²) in [6.07, 6.45) is 5.59. The Morgan fingerprint density at radius 2 is 1.94 bits per heavy atom. The van der Waals surface area contributed by atoms with Crippen LogP contribution in [0.5, 0.6) is 0 Å². The second-order valence-electron chi connectivity index (χ2n) is 8.11. The first-order valence-electron chi connectivity index (χ1n) is 10.8. The first-order valence-corrected chi connectivity index (χ1v) is 13.6. The SMILES string of the molecule is CCn1c(CN(c2ccc(F)cc2)S(C)(=O)=O)nnc1SCC(=O)N[C@H]1CCCC[C@@H]1C. The average molecular weight is 484 g/mol. The molecule has 1 aromatic heterocycles. The molecule has 1 aliphatic carbocycles. The Bertz CT molecular complexity index is 1030. The molecule has 1 N–H and O–H groups in total. The van der Waals surface area contributed by atoms with Crippen molar-refractivity contribution >= 4 is 33.4 Å². The number of nitrogens with one attached hydrogen (secondary N) is 1. The van der Waals surface area contributed by atoms with Gasteiger partial charge in [-0.05, 0) is 49.9 Å². The molecule has 1 heterocycles. The van der Waals surface area contributed by atoms with Crippen molar-refractivity contribution in [2.75, 3.05) is 16.3 Å². The number of aromatic nitrogens is 3. The molecule has 0 spiro atoms. The van der Waals surface area contributed by atoms with Crippen molar-refractivity contribution in [2.45, 2.75) is 63.8 Å². The molecule has 32 heavy (non-hydrogen) atoms. The predicted molar refractivity (Wildman–Crippen MR) is 123 cm³/mol. The van der Waals surface area contributed by atoms with E-state index in [0.717, 1.165) is 29.8 Å². The molecule has 1 aliphatic rings. The van der Waals surface area contributed by atoms with Crippen molar-refractivity contribution in [3.63, 3.8) is 0 Å². The smallest absolute Gasteiger partial charge is 0.232 e. The number of halogens is 1. The number of benzene rings is 1. The van der Waals surface area contributed by atoms with Crippen molar-refractivity contribution in [1.29, 1.82) is 0 Å². The van der Waals surface area contributed by atoms with Crippen LogP contribution in [0.1, 0.15) is 45.4 Å². The first-order chi connectivity index (χ1) is 15.2. The number of hydrogen-bond donors (Lipinski definition) is 1. The number of hydrogen-bond acceptors (Lipinski definition) is 6. The van der Waals surface area contributed by atoms with E-state index in [1.165, 1.54) is 42.4 Å². The van der Waals surface area contributed by atoms with E-state index < -0.39 is 15.8 Å². The van der Waals surface area contributed by atoms with Crippen LogP contribution in [0.2, 0.25) is 0 Å². The maximum atomic E-state index is 13.3. The maximum Gasteiger partial charge on any atom is 0.232 e. The molecule has 1 fully saturated rings. The largest absolute Gasteiger partial charge is 0.352 e. The Hall–Kier alpha value is -2.14. The minimum absolute atomic E-state index is 0.0370. The van der Waals surface area contributed by atoms with Crippen molar-refractivity contribution in [3.8, 4) is 0 Å². The molecule has 0 saturated heterocycles. The molecule has 0 bridgehead atoms. The van der Waals surface area contributed by atoms with E-state index in [4.69, 9.17) is 0 Å². The maximum absolute atomic E-state index is 13.3. The quantitative estimate of drug-likeness (QED) is 0.550. The fraction of sp³-hybridized carbons (Fsp3) is 0.571. The number of thioether (sulfide) groups is 1. The molecule has 0 aliphatic heterocycles. The van der Waals surface area contributed by atoms with Crippen molar-refractivity contribution in [1.82, 2.24) is 20.1 Å². The van der Waals surface area contributed by atoms with Crippen molar-refractivity contribution in [3.05, 3.63) is 35.9 Å². The molecular weight excluding hydrogens is 453 g/mol. The van der Waals surface area contributed by atoms with E-state index in [1.54, 1.807) is 4.57 Å². The fourth-order valence-corrected chi connectivity index (χ4v) is 5.59. The lowest BCUT2D eigenvalue weighted by Gasteiger charge is -2.29. The molecule has 176 valence electrons. The van der Waals surface area contributed by atoms with Gasteiger partial charge in [-0.25, -0.2) is 12.8 Å². The summed E-state index contributed by atoms with van der Waals surface area (Å²) in [6.45, 7) is 4.56. The molecule has 0 radical (unpaired) electrons. The molecule has 1 saturated carbocycles. The first kappa shape index (κ1) is 24.5. The predicted octanol–water partition coefficient (Wildman–Crippen LogP) is 3.19. The molecule has 3 rings (SSSR count). The highest BCUT2D eigenvalue weighted by Gasteiger charge is 2.24. The van der Waals surface area contributed by atoms with E-state index in [0.29, 0.717) is 29.1 Å². The van der Waals surface area contributed by atoms with Gasteiger partial charge in [-0.15, -0.1) is 10.2 Å². The summed E-state index contributed by atoms with van der Waals surface area (Å²) < 4.78 is 41.0. The van der Waals surface area contributed by atoms with Gasteiger partial charge in [0.25, 0.3) is 0 Å². The lowest BCUT2D eigenvalue weighted by Crippen LogP contribution is -2.41. The number of anilines is 1. The summed E-state index contributed by atoms with van der Waals surface area (Å²) in [7, 11) is -3.63. The Balaban J connectivity index is 1.69. The van der Waals surface area contributed by atoms with Crippen LogP contribution in [0.15, 0.2) is 29.4 Å². The third-order valence-corrected chi connectivity index (χ3v) is 7.81. The van der Waals surface area contributed by atoms with E-state index in [9.17, 15) is 17.6 Å². The van der Waals surface area contributed by atoms with Crippen LogP contribution >= 0.6 is 11.8 Å².